The minimum Gasteiger partial charge on any atom is -0.423 e. The fourth-order valence-electron chi connectivity index (χ4n) is 2.86. The van der Waals surface area contributed by atoms with Crippen LogP contribution in [0.1, 0.15) is 30.7 Å². The lowest BCUT2D eigenvalue weighted by Crippen LogP contribution is -2.35. The lowest BCUT2D eigenvalue weighted by Gasteiger charge is -2.27. The number of piperidine rings is 1. The summed E-state index contributed by atoms with van der Waals surface area (Å²) in [5.74, 6) is 0.387. The van der Waals surface area contributed by atoms with Gasteiger partial charge >= 0.3 is 16.4 Å². The zero-order valence-corrected chi connectivity index (χ0v) is 13.3. The first kappa shape index (κ1) is 17.0. The quantitative estimate of drug-likeness (QED) is 0.510. The molecule has 2 aliphatic rings. The minimum absolute atomic E-state index is 0.0510. The van der Waals surface area contributed by atoms with E-state index in [1.54, 1.807) is 0 Å². The Kier molecular flexibility index (Phi) is 4.44. The summed E-state index contributed by atoms with van der Waals surface area (Å²) in [6.07, 6.45) is 0.195. The van der Waals surface area contributed by atoms with Gasteiger partial charge in [0.25, 0.3) is 0 Å². The van der Waals surface area contributed by atoms with E-state index in [0.717, 1.165) is 0 Å². The molecule has 24 heavy (non-hydrogen) atoms. The third-order valence-corrected chi connectivity index (χ3v) is 4.30. The van der Waals surface area contributed by atoms with Crippen molar-refractivity contribution in [2.75, 3.05) is 13.1 Å². The normalized spacial score (nSPS) is 25.4. The lowest BCUT2D eigenvalue weighted by atomic mass is 10.0. The average molecular weight is 363 g/mol. The number of nitrogens with two attached hydrogens (primary N) is 1. The molecular weight excluding hydrogens is 346 g/mol. The fraction of sp³-hybridized carbons (Fsp3) is 0.727. The van der Waals surface area contributed by atoms with E-state index in [0.29, 0.717) is 17.9 Å². The zero-order chi connectivity index (χ0) is 17.5. The molecule has 4 N–H and O–H groups in total. The smallest absolute Gasteiger partial charge is 0.418 e. The van der Waals surface area contributed by atoms with Gasteiger partial charge in [0.1, 0.15) is 6.04 Å². The molecule has 0 aromatic carbocycles. The monoisotopic (exact) mass is 363 g/mol. The molecule has 13 heteroatoms. The van der Waals surface area contributed by atoms with Crippen molar-refractivity contribution in [1.29, 1.82) is 0 Å². The van der Waals surface area contributed by atoms with Crippen molar-refractivity contribution in [1.82, 2.24) is 20.2 Å². The second kappa shape index (κ2) is 6.25. The molecule has 1 unspecified atom stereocenters. The van der Waals surface area contributed by atoms with Crippen molar-refractivity contribution in [3.63, 3.8) is 0 Å². The number of urea groups is 1. The summed E-state index contributed by atoms with van der Waals surface area (Å²) >= 11 is 0. The number of hydrogen-bond donors (Lipinski definition) is 3. The SMILES string of the molecule is NCC(O)Cc1nnc([C@@H]2CC[C@H]3CN2C(=O)N3OS(=O)(=O)O)o1. The lowest BCUT2D eigenvalue weighted by molar-refractivity contribution is -0.0317. The maximum absolute atomic E-state index is 12.3. The average Bonchev–Trinajstić information content (AvgIpc) is 3.06. The molecule has 0 saturated carbocycles. The summed E-state index contributed by atoms with van der Waals surface area (Å²) < 4.78 is 40.3. The molecule has 1 aromatic heterocycles. The van der Waals surface area contributed by atoms with Crippen LogP contribution in [0.4, 0.5) is 4.79 Å². The molecule has 134 valence electrons. The predicted octanol–water partition coefficient (Wildman–Crippen LogP) is -1.39. The molecule has 3 heterocycles. The van der Waals surface area contributed by atoms with Gasteiger partial charge in [-0.25, -0.2) is 4.79 Å². The molecule has 0 spiro atoms. The number of rotatable bonds is 6. The van der Waals surface area contributed by atoms with Crippen LogP contribution >= 0.6 is 0 Å². The van der Waals surface area contributed by atoms with Gasteiger partial charge in [-0.1, -0.05) is 0 Å². The number of aliphatic hydroxyl groups is 1. The second-order valence-corrected chi connectivity index (χ2v) is 6.64. The van der Waals surface area contributed by atoms with Crippen LogP contribution in [0.5, 0.6) is 0 Å². The van der Waals surface area contributed by atoms with Gasteiger partial charge in [-0.3, -0.25) is 4.55 Å². The Morgan fingerprint density at radius 1 is 1.42 bits per heavy atom. The number of carbonyl (C=O) groups excluding carboxylic acids is 1. The van der Waals surface area contributed by atoms with Crippen molar-refractivity contribution in [2.45, 2.75) is 37.5 Å². The van der Waals surface area contributed by atoms with E-state index in [1.807, 2.05) is 0 Å². The fourth-order valence-corrected chi connectivity index (χ4v) is 3.25. The number of nitrogens with zero attached hydrogens (tertiary/aromatic N) is 4. The summed E-state index contributed by atoms with van der Waals surface area (Å²) in [5, 5.41) is 17.8. The van der Waals surface area contributed by atoms with E-state index in [2.05, 4.69) is 14.5 Å². The molecule has 2 bridgehead atoms. The van der Waals surface area contributed by atoms with Gasteiger partial charge < -0.3 is 20.2 Å². The van der Waals surface area contributed by atoms with Gasteiger partial charge in [0.15, 0.2) is 0 Å². The third kappa shape index (κ3) is 3.34. The van der Waals surface area contributed by atoms with E-state index in [-0.39, 0.29) is 31.3 Å². The number of amides is 2. The van der Waals surface area contributed by atoms with Crippen LogP contribution in [0, 0.1) is 0 Å². The number of fused-ring (bicyclic) bond motifs is 2. The van der Waals surface area contributed by atoms with Gasteiger partial charge in [0.05, 0.1) is 18.6 Å². The van der Waals surface area contributed by atoms with Crippen LogP contribution in [-0.4, -0.2) is 69.5 Å². The van der Waals surface area contributed by atoms with Crippen LogP contribution in [0.15, 0.2) is 4.42 Å². The molecular formula is C11H17N5O7S. The Balaban J connectivity index is 1.74. The van der Waals surface area contributed by atoms with Crippen LogP contribution in [0.25, 0.3) is 0 Å². The second-order valence-electron chi connectivity index (χ2n) is 5.64. The largest absolute Gasteiger partial charge is 0.423 e. The van der Waals surface area contributed by atoms with Crippen molar-refractivity contribution >= 4 is 16.4 Å². The highest BCUT2D eigenvalue weighted by atomic mass is 32.3. The minimum atomic E-state index is -4.79. The maximum Gasteiger partial charge on any atom is 0.418 e. The number of carbonyl (C=O) groups is 1. The van der Waals surface area contributed by atoms with Crippen molar-refractivity contribution in [2.24, 2.45) is 5.73 Å². The van der Waals surface area contributed by atoms with Crippen LogP contribution in [0.3, 0.4) is 0 Å². The van der Waals surface area contributed by atoms with E-state index >= 15 is 0 Å². The molecule has 3 atom stereocenters. The van der Waals surface area contributed by atoms with Crippen LogP contribution in [-0.2, 0) is 21.1 Å². The summed E-state index contributed by atoms with van der Waals surface area (Å²) in [5.41, 5.74) is 5.32. The Morgan fingerprint density at radius 3 is 2.83 bits per heavy atom. The molecule has 2 saturated heterocycles. The topological polar surface area (TPSA) is 172 Å². The molecule has 0 radical (unpaired) electrons. The standard InChI is InChI=1S/C11H17N5O7S/c12-4-7(17)3-9-13-14-10(22-9)8-2-1-6-5-15(8)11(18)16(6)23-24(19,20)21/h6-8,17H,1-5,12H2,(H,19,20,21)/t6-,7?,8-/m0/s1. The van der Waals surface area contributed by atoms with Gasteiger partial charge in [-0.2, -0.15) is 13.5 Å². The first-order valence-electron chi connectivity index (χ1n) is 7.25. The molecule has 0 aliphatic carbocycles. The highest BCUT2D eigenvalue weighted by Crippen LogP contribution is 2.38. The van der Waals surface area contributed by atoms with Crippen molar-refractivity contribution < 1.29 is 31.6 Å². The Bertz CT molecular complexity index is 722. The van der Waals surface area contributed by atoms with E-state index in [9.17, 15) is 18.3 Å². The molecule has 2 amide bonds. The Hall–Kier alpha value is -1.80. The highest BCUT2D eigenvalue weighted by Gasteiger charge is 2.49. The zero-order valence-electron chi connectivity index (χ0n) is 12.5. The van der Waals surface area contributed by atoms with Crippen molar-refractivity contribution in [3.05, 3.63) is 11.8 Å². The summed E-state index contributed by atoms with van der Waals surface area (Å²) in [4.78, 5) is 13.6. The Labute approximate surface area is 137 Å². The van der Waals surface area contributed by atoms with Crippen LogP contribution in [0.2, 0.25) is 0 Å². The highest BCUT2D eigenvalue weighted by molar-refractivity contribution is 7.80. The number of hydroxylamine groups is 2. The molecule has 3 rings (SSSR count). The van der Waals surface area contributed by atoms with Gasteiger partial charge in [-0.15, -0.1) is 14.5 Å². The van der Waals surface area contributed by atoms with E-state index < -0.39 is 34.6 Å². The number of aliphatic hydroxyl groups excluding tert-OH is 1. The summed E-state index contributed by atoms with van der Waals surface area (Å²) in [6, 6.07) is -1.72. The number of aromatic nitrogens is 2. The summed E-state index contributed by atoms with van der Waals surface area (Å²) in [7, 11) is -4.79. The van der Waals surface area contributed by atoms with Gasteiger partial charge in [-0.05, 0) is 12.8 Å². The molecule has 2 fully saturated rings. The van der Waals surface area contributed by atoms with Crippen LogP contribution < -0.4 is 5.73 Å². The Morgan fingerprint density at radius 2 is 2.17 bits per heavy atom. The third-order valence-electron chi connectivity index (χ3n) is 3.95. The van der Waals surface area contributed by atoms with Gasteiger partial charge in [0.2, 0.25) is 11.8 Å². The van der Waals surface area contributed by atoms with E-state index in [1.165, 1.54) is 4.90 Å². The summed E-state index contributed by atoms with van der Waals surface area (Å²) in [6.45, 7) is 0.261. The number of hydrogen-bond acceptors (Lipinski definition) is 9. The molecule has 2 aliphatic heterocycles. The predicted molar refractivity (Wildman–Crippen MR) is 75.4 cm³/mol. The van der Waals surface area contributed by atoms with E-state index in [4.69, 9.17) is 14.7 Å². The first-order valence-corrected chi connectivity index (χ1v) is 8.62. The molecule has 12 nitrogen and oxygen atoms in total. The molecule has 1 aromatic rings. The van der Waals surface area contributed by atoms with Gasteiger partial charge in [0, 0.05) is 13.1 Å². The maximum atomic E-state index is 12.3. The van der Waals surface area contributed by atoms with Crippen molar-refractivity contribution in [3.8, 4) is 0 Å². The first-order chi connectivity index (χ1) is 11.3.